The molecule has 0 rings (SSSR count). The second-order valence-corrected chi connectivity index (χ2v) is 4.62. The van der Waals surface area contributed by atoms with E-state index in [2.05, 4.69) is 19.0 Å². The number of esters is 1. The largest absolute Gasteiger partial charge is 0.466 e. The number of nitrogens with zero attached hydrogens (tertiary/aromatic N) is 1. The van der Waals surface area contributed by atoms with Crippen LogP contribution in [0.25, 0.3) is 0 Å². The van der Waals surface area contributed by atoms with Gasteiger partial charge in [-0.1, -0.05) is 32.1 Å². The summed E-state index contributed by atoms with van der Waals surface area (Å²) in [6.45, 7) is 3.26. The molecule has 0 aromatic heterocycles. The van der Waals surface area contributed by atoms with Crippen LogP contribution in [0, 0.1) is 0 Å². The molecule has 0 aromatic rings. The molecule has 0 fully saturated rings. The summed E-state index contributed by atoms with van der Waals surface area (Å²) < 4.78 is 4.87. The van der Waals surface area contributed by atoms with Gasteiger partial charge in [0.25, 0.3) is 0 Å². The van der Waals surface area contributed by atoms with Gasteiger partial charge in [0.15, 0.2) is 0 Å². The highest BCUT2D eigenvalue weighted by atomic mass is 16.5. The third-order valence-corrected chi connectivity index (χ3v) is 2.55. The van der Waals surface area contributed by atoms with Gasteiger partial charge >= 0.3 is 5.97 Å². The second-order valence-electron chi connectivity index (χ2n) is 4.62. The predicted molar refractivity (Wildman–Crippen MR) is 67.5 cm³/mol. The zero-order valence-electron chi connectivity index (χ0n) is 11.1. The molecule has 96 valence electrons. The first-order chi connectivity index (χ1) is 7.63. The van der Waals surface area contributed by atoms with Crippen LogP contribution in [0.5, 0.6) is 0 Å². The van der Waals surface area contributed by atoms with Crippen molar-refractivity contribution in [2.75, 3.05) is 27.2 Å². The van der Waals surface area contributed by atoms with Crippen molar-refractivity contribution < 1.29 is 9.53 Å². The predicted octanol–water partition coefficient (Wildman–Crippen LogP) is 2.84. The van der Waals surface area contributed by atoms with Crippen molar-refractivity contribution in [1.29, 1.82) is 0 Å². The number of ether oxygens (including phenoxy) is 1. The first-order valence-corrected chi connectivity index (χ1v) is 6.41. The molecule has 3 heteroatoms. The van der Waals surface area contributed by atoms with Gasteiger partial charge in [0.1, 0.15) is 0 Å². The lowest BCUT2D eigenvalue weighted by Crippen LogP contribution is -2.12. The Morgan fingerprint density at radius 2 is 1.44 bits per heavy atom. The molecule has 16 heavy (non-hydrogen) atoms. The maximum Gasteiger partial charge on any atom is 0.302 e. The monoisotopic (exact) mass is 229 g/mol. The standard InChI is InChI=1S/C13H27NO2/c1-13(15)16-12-10-8-6-4-5-7-9-11-14(2)3/h4-12H2,1-3H3. The van der Waals surface area contributed by atoms with Crippen LogP contribution >= 0.6 is 0 Å². The maximum atomic E-state index is 10.5. The summed E-state index contributed by atoms with van der Waals surface area (Å²) in [5.74, 6) is -0.163. The highest BCUT2D eigenvalue weighted by Gasteiger charge is 1.95. The van der Waals surface area contributed by atoms with E-state index in [9.17, 15) is 4.79 Å². The number of hydrogen-bond acceptors (Lipinski definition) is 3. The molecule has 0 heterocycles. The number of carbonyl (C=O) groups excluding carboxylic acids is 1. The highest BCUT2D eigenvalue weighted by molar-refractivity contribution is 5.65. The Balaban J connectivity index is 2.96. The van der Waals surface area contributed by atoms with Crippen LogP contribution < -0.4 is 0 Å². The molecule has 0 saturated heterocycles. The fourth-order valence-corrected chi connectivity index (χ4v) is 1.63. The van der Waals surface area contributed by atoms with Gasteiger partial charge in [-0.15, -0.1) is 0 Å². The normalized spacial score (nSPS) is 10.8. The Hall–Kier alpha value is -0.570. The minimum Gasteiger partial charge on any atom is -0.466 e. The minimum atomic E-state index is -0.163. The van der Waals surface area contributed by atoms with Gasteiger partial charge in [0.05, 0.1) is 6.61 Å². The van der Waals surface area contributed by atoms with Crippen molar-refractivity contribution in [2.45, 2.75) is 51.9 Å². The Bertz CT molecular complexity index is 169. The molecule has 0 aliphatic rings. The minimum absolute atomic E-state index is 0.163. The Morgan fingerprint density at radius 1 is 0.938 bits per heavy atom. The van der Waals surface area contributed by atoms with E-state index in [0.717, 1.165) is 6.42 Å². The second kappa shape index (κ2) is 10.9. The van der Waals surface area contributed by atoms with E-state index in [1.807, 2.05) is 0 Å². The van der Waals surface area contributed by atoms with Gasteiger partial charge < -0.3 is 9.64 Å². The van der Waals surface area contributed by atoms with Gasteiger partial charge in [0.2, 0.25) is 0 Å². The van der Waals surface area contributed by atoms with Crippen molar-refractivity contribution in [3.05, 3.63) is 0 Å². The van der Waals surface area contributed by atoms with Gasteiger partial charge in [-0.2, -0.15) is 0 Å². The number of rotatable bonds is 10. The summed E-state index contributed by atoms with van der Waals surface area (Å²) in [4.78, 5) is 12.7. The molecule has 0 aromatic carbocycles. The molecule has 0 bridgehead atoms. The fraction of sp³-hybridized carbons (Fsp3) is 0.923. The van der Waals surface area contributed by atoms with Gasteiger partial charge in [-0.3, -0.25) is 4.79 Å². The van der Waals surface area contributed by atoms with E-state index in [1.165, 1.54) is 52.0 Å². The first kappa shape index (κ1) is 15.4. The van der Waals surface area contributed by atoms with Crippen LogP contribution in [0.15, 0.2) is 0 Å². The average molecular weight is 229 g/mol. The number of unbranched alkanes of at least 4 members (excludes halogenated alkanes) is 6. The van der Waals surface area contributed by atoms with Crippen molar-refractivity contribution in [3.63, 3.8) is 0 Å². The van der Waals surface area contributed by atoms with E-state index in [0.29, 0.717) is 6.61 Å². The van der Waals surface area contributed by atoms with E-state index in [-0.39, 0.29) is 5.97 Å². The van der Waals surface area contributed by atoms with E-state index >= 15 is 0 Å². The lowest BCUT2D eigenvalue weighted by molar-refractivity contribution is -0.141. The molecule has 0 aliphatic heterocycles. The van der Waals surface area contributed by atoms with Crippen molar-refractivity contribution in [3.8, 4) is 0 Å². The summed E-state index contributed by atoms with van der Waals surface area (Å²) in [6.07, 6.45) is 8.75. The third kappa shape index (κ3) is 13.4. The van der Waals surface area contributed by atoms with E-state index < -0.39 is 0 Å². The van der Waals surface area contributed by atoms with Crippen LogP contribution in [0.2, 0.25) is 0 Å². The van der Waals surface area contributed by atoms with Crippen molar-refractivity contribution in [2.24, 2.45) is 0 Å². The molecular formula is C13H27NO2. The molecule has 0 atom stereocenters. The maximum absolute atomic E-state index is 10.5. The van der Waals surface area contributed by atoms with Gasteiger partial charge in [-0.05, 0) is 33.5 Å². The molecule has 3 nitrogen and oxygen atoms in total. The van der Waals surface area contributed by atoms with Gasteiger partial charge in [-0.25, -0.2) is 0 Å². The van der Waals surface area contributed by atoms with Crippen molar-refractivity contribution in [1.82, 2.24) is 4.90 Å². The quantitative estimate of drug-likeness (QED) is 0.426. The Kier molecular flexibility index (Phi) is 10.5. The van der Waals surface area contributed by atoms with E-state index in [1.54, 1.807) is 0 Å². The highest BCUT2D eigenvalue weighted by Crippen LogP contribution is 2.07. The SMILES string of the molecule is CC(=O)OCCCCCCCCCN(C)C. The summed E-state index contributed by atoms with van der Waals surface area (Å²) in [7, 11) is 4.24. The third-order valence-electron chi connectivity index (χ3n) is 2.55. The molecule has 0 aliphatic carbocycles. The zero-order valence-corrected chi connectivity index (χ0v) is 11.1. The van der Waals surface area contributed by atoms with Crippen LogP contribution in [0.3, 0.4) is 0 Å². The fourth-order valence-electron chi connectivity index (χ4n) is 1.63. The summed E-state index contributed by atoms with van der Waals surface area (Å²) in [5, 5.41) is 0. The smallest absolute Gasteiger partial charge is 0.302 e. The molecule has 0 saturated carbocycles. The van der Waals surface area contributed by atoms with Crippen molar-refractivity contribution >= 4 is 5.97 Å². The molecule has 0 amide bonds. The summed E-state index contributed by atoms with van der Waals surface area (Å²) in [6, 6.07) is 0. The topological polar surface area (TPSA) is 29.5 Å². The van der Waals surface area contributed by atoms with Gasteiger partial charge in [0, 0.05) is 6.92 Å². The lowest BCUT2D eigenvalue weighted by atomic mass is 10.1. The Labute approximate surface area is 100 Å². The van der Waals surface area contributed by atoms with Crippen LogP contribution in [0.1, 0.15) is 51.9 Å². The molecular weight excluding hydrogens is 202 g/mol. The molecule has 0 radical (unpaired) electrons. The summed E-state index contributed by atoms with van der Waals surface area (Å²) in [5.41, 5.74) is 0. The zero-order chi connectivity index (χ0) is 12.2. The molecule has 0 N–H and O–H groups in total. The van der Waals surface area contributed by atoms with Crippen LogP contribution in [0.4, 0.5) is 0 Å². The molecule has 0 unspecified atom stereocenters. The van der Waals surface area contributed by atoms with Crippen LogP contribution in [-0.2, 0) is 9.53 Å². The number of hydrogen-bond donors (Lipinski definition) is 0. The molecule has 0 spiro atoms. The average Bonchev–Trinajstić information content (AvgIpc) is 2.20. The lowest BCUT2D eigenvalue weighted by Gasteiger charge is -2.08. The van der Waals surface area contributed by atoms with E-state index in [4.69, 9.17) is 4.74 Å². The Morgan fingerprint density at radius 3 is 1.94 bits per heavy atom. The first-order valence-electron chi connectivity index (χ1n) is 6.41. The van der Waals surface area contributed by atoms with Crippen LogP contribution in [-0.4, -0.2) is 38.1 Å². The summed E-state index contributed by atoms with van der Waals surface area (Å²) >= 11 is 0. The number of carbonyl (C=O) groups is 1.